The van der Waals surface area contributed by atoms with E-state index in [1.807, 2.05) is 6.92 Å². The number of carboxylic acids is 1. The number of carbonyl (C=O) groups is 1. The summed E-state index contributed by atoms with van der Waals surface area (Å²) in [4.78, 5) is 9.98. The molecule has 0 saturated carbocycles. The highest BCUT2D eigenvalue weighted by Crippen LogP contribution is 1.83. The fourth-order valence-corrected chi connectivity index (χ4v) is 0.524. The second kappa shape index (κ2) is 10.3. The fourth-order valence-electron chi connectivity index (χ4n) is 0.524. The predicted octanol–water partition coefficient (Wildman–Crippen LogP) is 0.676. The van der Waals surface area contributed by atoms with Crippen LogP contribution in [0, 0.1) is 0 Å². The second-order valence-corrected chi connectivity index (χ2v) is 1.95. The summed E-state index contributed by atoms with van der Waals surface area (Å²) in [5.74, 6) is -0.832. The van der Waals surface area contributed by atoms with Crippen molar-refractivity contribution in [1.29, 1.82) is 0 Å². The van der Waals surface area contributed by atoms with E-state index in [0.29, 0.717) is 19.8 Å². The molecular formula is C7H17NO4. The van der Waals surface area contributed by atoms with Crippen molar-refractivity contribution in [2.75, 3.05) is 26.4 Å². The number of ether oxygens (including phenoxy) is 2. The van der Waals surface area contributed by atoms with Crippen LogP contribution in [0.1, 0.15) is 13.3 Å². The zero-order chi connectivity index (χ0) is 8.53. The first-order chi connectivity index (χ1) is 5.27. The minimum Gasteiger partial charge on any atom is -0.481 e. The lowest BCUT2D eigenvalue weighted by Crippen LogP contribution is -2.07. The fraction of sp³-hybridized carbons (Fsp3) is 0.857. The number of rotatable bonds is 7. The highest BCUT2D eigenvalue weighted by Gasteiger charge is 1.95. The summed E-state index contributed by atoms with van der Waals surface area (Å²) >= 11 is 0. The Hall–Kier alpha value is -0.650. The van der Waals surface area contributed by atoms with E-state index in [4.69, 9.17) is 14.6 Å². The topological polar surface area (TPSA) is 90.8 Å². The molecule has 0 saturated heterocycles. The number of hydrogen-bond acceptors (Lipinski definition) is 4. The van der Waals surface area contributed by atoms with Gasteiger partial charge in [0.15, 0.2) is 0 Å². The Morgan fingerprint density at radius 1 is 1.25 bits per heavy atom. The minimum atomic E-state index is -0.832. The zero-order valence-electron chi connectivity index (χ0n) is 7.41. The maximum absolute atomic E-state index is 9.98. The second-order valence-electron chi connectivity index (χ2n) is 1.95. The highest BCUT2D eigenvalue weighted by molar-refractivity contribution is 5.66. The molecule has 4 N–H and O–H groups in total. The number of carboxylic acid groups (broad SMARTS) is 1. The smallest absolute Gasteiger partial charge is 0.305 e. The van der Waals surface area contributed by atoms with Gasteiger partial charge in [-0.15, -0.1) is 0 Å². The monoisotopic (exact) mass is 179 g/mol. The third-order valence-electron chi connectivity index (χ3n) is 1.04. The highest BCUT2D eigenvalue weighted by atomic mass is 16.5. The maximum atomic E-state index is 9.98. The minimum absolute atomic E-state index is 0. The largest absolute Gasteiger partial charge is 0.481 e. The van der Waals surface area contributed by atoms with Crippen molar-refractivity contribution in [1.82, 2.24) is 6.15 Å². The van der Waals surface area contributed by atoms with Gasteiger partial charge in [0.2, 0.25) is 0 Å². The Labute approximate surface area is 72.2 Å². The molecular weight excluding hydrogens is 162 g/mol. The Balaban J connectivity index is 0. The van der Waals surface area contributed by atoms with Crippen LogP contribution in [0.5, 0.6) is 0 Å². The molecule has 0 aromatic carbocycles. The van der Waals surface area contributed by atoms with Gasteiger partial charge >= 0.3 is 5.97 Å². The molecule has 5 heteroatoms. The van der Waals surface area contributed by atoms with Crippen molar-refractivity contribution in [2.24, 2.45) is 0 Å². The molecule has 0 spiro atoms. The maximum Gasteiger partial charge on any atom is 0.305 e. The molecule has 0 aromatic rings. The average molecular weight is 179 g/mol. The lowest BCUT2D eigenvalue weighted by molar-refractivity contribution is -0.138. The van der Waals surface area contributed by atoms with Crippen LogP contribution in [0.4, 0.5) is 0 Å². The van der Waals surface area contributed by atoms with E-state index < -0.39 is 5.97 Å². The molecule has 74 valence electrons. The molecule has 0 radical (unpaired) electrons. The first kappa shape index (κ1) is 13.9. The van der Waals surface area contributed by atoms with Crippen molar-refractivity contribution in [3.05, 3.63) is 0 Å². The van der Waals surface area contributed by atoms with Gasteiger partial charge in [0.25, 0.3) is 0 Å². The van der Waals surface area contributed by atoms with Crippen molar-refractivity contribution >= 4 is 5.97 Å². The molecule has 0 aliphatic heterocycles. The summed E-state index contributed by atoms with van der Waals surface area (Å²) in [5, 5.41) is 8.20. The molecule has 0 fully saturated rings. The van der Waals surface area contributed by atoms with E-state index in [2.05, 4.69) is 0 Å². The zero-order valence-corrected chi connectivity index (χ0v) is 7.41. The predicted molar refractivity (Wildman–Crippen MR) is 44.6 cm³/mol. The summed E-state index contributed by atoms with van der Waals surface area (Å²) in [5.41, 5.74) is 0. The molecule has 12 heavy (non-hydrogen) atoms. The van der Waals surface area contributed by atoms with Gasteiger partial charge in [-0.25, -0.2) is 0 Å². The van der Waals surface area contributed by atoms with Crippen LogP contribution in [0.25, 0.3) is 0 Å². The Morgan fingerprint density at radius 3 is 2.33 bits per heavy atom. The Bertz CT molecular complexity index is 108. The normalized spacial score (nSPS) is 9.08. The lowest BCUT2D eigenvalue weighted by atomic mass is 10.5. The van der Waals surface area contributed by atoms with E-state index in [1.54, 1.807) is 0 Å². The quantitative estimate of drug-likeness (QED) is 0.561. The van der Waals surface area contributed by atoms with E-state index in [1.165, 1.54) is 0 Å². The van der Waals surface area contributed by atoms with Gasteiger partial charge in [0, 0.05) is 6.61 Å². The van der Waals surface area contributed by atoms with Gasteiger partial charge < -0.3 is 20.7 Å². The van der Waals surface area contributed by atoms with Crippen LogP contribution in [-0.2, 0) is 14.3 Å². The molecule has 0 bridgehead atoms. The standard InChI is InChI=1S/C7H14O4.H3N/c1-2-10-5-6-11-4-3-7(8)9;/h2-6H2,1H3,(H,8,9);1H3. The lowest BCUT2D eigenvalue weighted by Gasteiger charge is -2.01. The van der Waals surface area contributed by atoms with E-state index in [9.17, 15) is 4.79 Å². The number of hydrogen-bond donors (Lipinski definition) is 2. The summed E-state index contributed by atoms with van der Waals surface area (Å²) < 4.78 is 9.91. The Morgan fingerprint density at radius 2 is 1.83 bits per heavy atom. The van der Waals surface area contributed by atoms with Gasteiger partial charge in [-0.1, -0.05) is 0 Å². The summed E-state index contributed by atoms with van der Waals surface area (Å²) in [6, 6.07) is 0. The van der Waals surface area contributed by atoms with Gasteiger partial charge in [-0.2, -0.15) is 0 Å². The van der Waals surface area contributed by atoms with Crippen molar-refractivity contribution in [2.45, 2.75) is 13.3 Å². The van der Waals surface area contributed by atoms with E-state index in [-0.39, 0.29) is 19.2 Å². The third kappa shape index (κ3) is 12.1. The van der Waals surface area contributed by atoms with Gasteiger partial charge in [0.1, 0.15) is 0 Å². The van der Waals surface area contributed by atoms with Crippen LogP contribution in [0.2, 0.25) is 0 Å². The first-order valence-electron chi connectivity index (χ1n) is 3.64. The molecule has 0 unspecified atom stereocenters. The van der Waals surface area contributed by atoms with Gasteiger partial charge in [-0.05, 0) is 6.92 Å². The molecule has 0 heterocycles. The summed E-state index contributed by atoms with van der Waals surface area (Å²) in [7, 11) is 0. The molecule has 0 aliphatic rings. The molecule has 0 rings (SSSR count). The van der Waals surface area contributed by atoms with Crippen LogP contribution < -0.4 is 6.15 Å². The van der Waals surface area contributed by atoms with Crippen molar-refractivity contribution < 1.29 is 19.4 Å². The van der Waals surface area contributed by atoms with Crippen LogP contribution >= 0.6 is 0 Å². The van der Waals surface area contributed by atoms with Gasteiger partial charge in [-0.3, -0.25) is 4.79 Å². The van der Waals surface area contributed by atoms with Crippen LogP contribution in [-0.4, -0.2) is 37.5 Å². The molecule has 5 nitrogen and oxygen atoms in total. The van der Waals surface area contributed by atoms with Crippen molar-refractivity contribution in [3.8, 4) is 0 Å². The molecule has 0 atom stereocenters. The van der Waals surface area contributed by atoms with Crippen LogP contribution in [0.15, 0.2) is 0 Å². The molecule has 0 aliphatic carbocycles. The van der Waals surface area contributed by atoms with E-state index in [0.717, 1.165) is 0 Å². The summed E-state index contributed by atoms with van der Waals surface area (Å²) in [6.45, 7) is 3.85. The average Bonchev–Trinajstić information content (AvgIpc) is 1.96. The van der Waals surface area contributed by atoms with Crippen molar-refractivity contribution in [3.63, 3.8) is 0 Å². The van der Waals surface area contributed by atoms with E-state index >= 15 is 0 Å². The van der Waals surface area contributed by atoms with Crippen LogP contribution in [0.3, 0.4) is 0 Å². The SMILES string of the molecule is CCOCCOCCC(=O)O.N. The number of aliphatic carboxylic acids is 1. The molecule has 0 amide bonds. The molecule has 0 aromatic heterocycles. The third-order valence-corrected chi connectivity index (χ3v) is 1.04. The Kier molecular flexibility index (Phi) is 12.0. The first-order valence-corrected chi connectivity index (χ1v) is 3.64. The summed E-state index contributed by atoms with van der Waals surface area (Å²) in [6.07, 6.45) is 0.0616. The van der Waals surface area contributed by atoms with Gasteiger partial charge in [0.05, 0.1) is 26.2 Å².